The Morgan fingerprint density at radius 2 is 2.13 bits per heavy atom. The molecule has 3 nitrogen and oxygen atoms in total. The van der Waals surface area contributed by atoms with Gasteiger partial charge >= 0.3 is 0 Å². The van der Waals surface area contributed by atoms with Crippen LogP contribution in [0.2, 0.25) is 5.28 Å². The predicted molar refractivity (Wildman–Crippen MR) is 55.2 cm³/mol. The summed E-state index contributed by atoms with van der Waals surface area (Å²) in [5.74, 6) is -0.255. The normalized spacial score (nSPS) is 12.7. The van der Waals surface area contributed by atoms with Crippen LogP contribution in [-0.4, -0.2) is 14.8 Å². The maximum Gasteiger partial charge on any atom is 0.225 e. The first kappa shape index (κ1) is 10.1. The zero-order chi connectivity index (χ0) is 10.8. The van der Waals surface area contributed by atoms with Crippen molar-refractivity contribution >= 4 is 11.6 Å². The predicted octanol–water partition coefficient (Wildman–Crippen LogP) is 2.68. The van der Waals surface area contributed by atoms with E-state index >= 15 is 0 Å². The van der Waals surface area contributed by atoms with Crippen molar-refractivity contribution in [1.82, 2.24) is 14.8 Å². The van der Waals surface area contributed by atoms with E-state index in [0.717, 1.165) is 0 Å². The molecule has 1 aromatic heterocycles. The summed E-state index contributed by atoms with van der Waals surface area (Å²) in [4.78, 5) is 0. The van der Waals surface area contributed by atoms with Gasteiger partial charge in [-0.2, -0.15) is 0 Å². The molecule has 78 valence electrons. The van der Waals surface area contributed by atoms with Crippen LogP contribution < -0.4 is 0 Å². The smallest absolute Gasteiger partial charge is 0.225 e. The highest BCUT2D eigenvalue weighted by molar-refractivity contribution is 6.28. The quantitative estimate of drug-likeness (QED) is 0.787. The lowest BCUT2D eigenvalue weighted by Crippen LogP contribution is -2.07. The van der Waals surface area contributed by atoms with Crippen molar-refractivity contribution in [1.29, 1.82) is 0 Å². The summed E-state index contributed by atoms with van der Waals surface area (Å²) in [6.45, 7) is 1.84. The highest BCUT2D eigenvalue weighted by Gasteiger charge is 2.14. The highest BCUT2D eigenvalue weighted by Crippen LogP contribution is 2.22. The molecule has 5 heteroatoms. The summed E-state index contributed by atoms with van der Waals surface area (Å²) in [7, 11) is 0. The van der Waals surface area contributed by atoms with Crippen LogP contribution in [-0.2, 0) is 0 Å². The molecule has 15 heavy (non-hydrogen) atoms. The Morgan fingerprint density at radius 3 is 2.73 bits per heavy atom. The molecule has 0 amide bonds. The van der Waals surface area contributed by atoms with Crippen molar-refractivity contribution in [3.8, 4) is 0 Å². The molecule has 1 aromatic carbocycles. The number of hydrogen-bond donors (Lipinski definition) is 0. The molecule has 0 bridgehead atoms. The van der Waals surface area contributed by atoms with Gasteiger partial charge in [-0.15, -0.1) is 10.2 Å². The molecule has 1 atom stereocenters. The molecule has 0 fully saturated rings. The largest absolute Gasteiger partial charge is 0.297 e. The van der Waals surface area contributed by atoms with E-state index in [1.54, 1.807) is 22.8 Å². The van der Waals surface area contributed by atoms with E-state index in [-0.39, 0.29) is 17.1 Å². The summed E-state index contributed by atoms with van der Waals surface area (Å²) < 4.78 is 15.1. The van der Waals surface area contributed by atoms with Crippen LogP contribution >= 0.6 is 11.6 Å². The summed E-state index contributed by atoms with van der Waals surface area (Å²) >= 11 is 5.80. The Morgan fingerprint density at radius 1 is 1.40 bits per heavy atom. The second-order valence-electron chi connectivity index (χ2n) is 3.20. The molecule has 0 aliphatic heterocycles. The van der Waals surface area contributed by atoms with Gasteiger partial charge in [-0.3, -0.25) is 4.57 Å². The van der Waals surface area contributed by atoms with Crippen LogP contribution in [0.3, 0.4) is 0 Å². The fourth-order valence-electron chi connectivity index (χ4n) is 1.45. The van der Waals surface area contributed by atoms with Crippen LogP contribution in [0.25, 0.3) is 0 Å². The molecule has 0 saturated carbocycles. The lowest BCUT2D eigenvalue weighted by atomic mass is 10.1. The van der Waals surface area contributed by atoms with Crippen LogP contribution in [0.1, 0.15) is 18.5 Å². The average molecular weight is 226 g/mol. The Kier molecular flexibility index (Phi) is 2.68. The van der Waals surface area contributed by atoms with Crippen molar-refractivity contribution in [3.05, 3.63) is 47.3 Å². The van der Waals surface area contributed by atoms with E-state index < -0.39 is 0 Å². The zero-order valence-corrected chi connectivity index (χ0v) is 8.82. The second-order valence-corrected chi connectivity index (χ2v) is 3.54. The summed E-state index contributed by atoms with van der Waals surface area (Å²) in [6, 6.07) is 6.36. The molecular formula is C10H9ClFN3. The van der Waals surface area contributed by atoms with E-state index in [9.17, 15) is 4.39 Å². The standard InChI is InChI=1S/C10H9ClFN3/c1-7(15-6-13-14-10(15)11)8-4-2-3-5-9(8)12/h2-7H,1H3. The third-order valence-electron chi connectivity index (χ3n) is 2.30. The average Bonchev–Trinajstić information content (AvgIpc) is 2.64. The zero-order valence-electron chi connectivity index (χ0n) is 8.06. The minimum absolute atomic E-state index is 0.214. The first-order valence-electron chi connectivity index (χ1n) is 4.49. The number of nitrogens with zero attached hydrogens (tertiary/aromatic N) is 3. The third kappa shape index (κ3) is 1.85. The van der Waals surface area contributed by atoms with Crippen LogP contribution in [0, 0.1) is 5.82 Å². The Bertz CT molecular complexity index is 469. The van der Waals surface area contributed by atoms with Crippen molar-refractivity contribution in [2.45, 2.75) is 13.0 Å². The monoisotopic (exact) mass is 225 g/mol. The van der Waals surface area contributed by atoms with E-state index in [1.165, 1.54) is 12.4 Å². The second kappa shape index (κ2) is 3.98. The minimum atomic E-state index is -0.255. The lowest BCUT2D eigenvalue weighted by molar-refractivity contribution is 0.556. The molecule has 2 rings (SSSR count). The van der Waals surface area contributed by atoms with E-state index in [0.29, 0.717) is 5.56 Å². The van der Waals surface area contributed by atoms with Crippen molar-refractivity contribution in [2.24, 2.45) is 0 Å². The van der Waals surface area contributed by atoms with Gasteiger partial charge in [-0.1, -0.05) is 18.2 Å². The molecule has 0 aliphatic carbocycles. The van der Waals surface area contributed by atoms with Gasteiger partial charge in [0.05, 0.1) is 6.04 Å². The summed E-state index contributed by atoms with van der Waals surface area (Å²) in [5, 5.41) is 7.56. The Balaban J connectivity index is 2.41. The van der Waals surface area contributed by atoms with Crippen LogP contribution in [0.4, 0.5) is 4.39 Å². The van der Waals surface area contributed by atoms with E-state index in [4.69, 9.17) is 11.6 Å². The first-order chi connectivity index (χ1) is 7.20. The number of aromatic nitrogens is 3. The molecular weight excluding hydrogens is 217 g/mol. The van der Waals surface area contributed by atoms with Crippen LogP contribution in [0.15, 0.2) is 30.6 Å². The molecule has 0 saturated heterocycles. The fourth-order valence-corrected chi connectivity index (χ4v) is 1.69. The Labute approximate surface area is 91.5 Å². The minimum Gasteiger partial charge on any atom is -0.297 e. The van der Waals surface area contributed by atoms with Gasteiger partial charge in [-0.25, -0.2) is 4.39 Å². The van der Waals surface area contributed by atoms with E-state index in [2.05, 4.69) is 10.2 Å². The van der Waals surface area contributed by atoms with Gasteiger partial charge in [-0.05, 0) is 24.6 Å². The fraction of sp³-hybridized carbons (Fsp3) is 0.200. The maximum absolute atomic E-state index is 13.5. The maximum atomic E-state index is 13.5. The molecule has 0 aliphatic rings. The van der Waals surface area contributed by atoms with Gasteiger partial charge < -0.3 is 0 Å². The SMILES string of the molecule is CC(c1ccccc1F)n1cnnc1Cl. The van der Waals surface area contributed by atoms with Gasteiger partial charge in [0.1, 0.15) is 12.1 Å². The van der Waals surface area contributed by atoms with Crippen LogP contribution in [0.5, 0.6) is 0 Å². The Hall–Kier alpha value is -1.42. The number of halogens is 2. The van der Waals surface area contributed by atoms with Gasteiger partial charge in [0.2, 0.25) is 5.28 Å². The van der Waals surface area contributed by atoms with E-state index in [1.807, 2.05) is 6.92 Å². The van der Waals surface area contributed by atoms with Gasteiger partial charge in [0.25, 0.3) is 0 Å². The number of benzene rings is 1. The molecule has 0 spiro atoms. The molecule has 0 radical (unpaired) electrons. The van der Waals surface area contributed by atoms with Gasteiger partial charge in [0.15, 0.2) is 0 Å². The van der Waals surface area contributed by atoms with Crippen molar-refractivity contribution in [3.63, 3.8) is 0 Å². The van der Waals surface area contributed by atoms with Crippen molar-refractivity contribution in [2.75, 3.05) is 0 Å². The summed E-state index contributed by atoms with van der Waals surface area (Å²) in [5.41, 5.74) is 0.569. The highest BCUT2D eigenvalue weighted by atomic mass is 35.5. The van der Waals surface area contributed by atoms with Crippen molar-refractivity contribution < 1.29 is 4.39 Å². The van der Waals surface area contributed by atoms with Gasteiger partial charge in [0, 0.05) is 5.56 Å². The molecule has 2 aromatic rings. The third-order valence-corrected chi connectivity index (χ3v) is 2.57. The molecule has 1 heterocycles. The molecule has 1 unspecified atom stereocenters. The molecule has 0 N–H and O–H groups in total. The lowest BCUT2D eigenvalue weighted by Gasteiger charge is -2.14. The topological polar surface area (TPSA) is 30.7 Å². The number of hydrogen-bond acceptors (Lipinski definition) is 2. The summed E-state index contributed by atoms with van der Waals surface area (Å²) in [6.07, 6.45) is 1.49. The number of rotatable bonds is 2. The first-order valence-corrected chi connectivity index (χ1v) is 4.87.